The van der Waals surface area contributed by atoms with Crippen LogP contribution in [0.2, 0.25) is 0 Å². The van der Waals surface area contributed by atoms with Gasteiger partial charge in [0.1, 0.15) is 0 Å². The number of nitrogen functional groups attached to an aromatic ring is 1. The molecule has 0 radical (unpaired) electrons. The van der Waals surface area contributed by atoms with Gasteiger partial charge in [0.05, 0.1) is 0 Å². The second-order valence-corrected chi connectivity index (χ2v) is 5.22. The smallest absolute Gasteiger partial charge is 0.244 e. The summed E-state index contributed by atoms with van der Waals surface area (Å²) in [4.78, 5) is 14.3. The van der Waals surface area contributed by atoms with Crippen molar-refractivity contribution in [2.75, 3.05) is 25.4 Å². The highest BCUT2D eigenvalue weighted by atomic mass is 16.1. The third-order valence-corrected chi connectivity index (χ3v) is 3.74. The minimum Gasteiger partial charge on any atom is -0.399 e. The quantitative estimate of drug-likeness (QED) is 0.650. The van der Waals surface area contributed by atoms with E-state index < -0.39 is 0 Å². The molecule has 0 aliphatic carbocycles. The fourth-order valence-electron chi connectivity index (χ4n) is 2.42. The van der Waals surface area contributed by atoms with E-state index in [4.69, 9.17) is 5.73 Å². The first-order valence-corrected chi connectivity index (χ1v) is 7.24. The lowest BCUT2D eigenvalue weighted by Crippen LogP contribution is -2.44. The van der Waals surface area contributed by atoms with Crippen LogP contribution in [0.3, 0.4) is 0 Å². The molecule has 1 aliphatic rings. The fraction of sp³-hybridized carbons (Fsp3) is 0.438. The van der Waals surface area contributed by atoms with Crippen LogP contribution in [0.5, 0.6) is 0 Å². The van der Waals surface area contributed by atoms with Crippen LogP contribution in [0.15, 0.2) is 30.3 Å². The zero-order valence-corrected chi connectivity index (χ0v) is 12.0. The molecule has 0 aromatic heterocycles. The maximum Gasteiger partial charge on any atom is 0.244 e. The van der Waals surface area contributed by atoms with Crippen molar-refractivity contribution in [2.24, 2.45) is 0 Å². The van der Waals surface area contributed by atoms with E-state index in [0.29, 0.717) is 6.04 Å². The molecule has 1 aromatic carbocycles. The molecular formula is C16H23N3O. The summed E-state index contributed by atoms with van der Waals surface area (Å²) in [5, 5.41) is 3.07. The normalized spacial score (nSPS) is 17.4. The van der Waals surface area contributed by atoms with Gasteiger partial charge in [-0.2, -0.15) is 0 Å². The molecule has 4 nitrogen and oxygen atoms in total. The van der Waals surface area contributed by atoms with Crippen molar-refractivity contribution in [1.82, 2.24) is 10.2 Å². The van der Waals surface area contributed by atoms with Crippen molar-refractivity contribution in [2.45, 2.75) is 25.8 Å². The van der Waals surface area contributed by atoms with E-state index in [1.165, 1.54) is 0 Å². The number of nitrogens with one attached hydrogen (secondary N) is 1. The number of carbonyl (C=O) groups is 1. The molecule has 0 atom stereocenters. The Hall–Kier alpha value is -1.81. The van der Waals surface area contributed by atoms with Gasteiger partial charge >= 0.3 is 0 Å². The molecule has 1 aliphatic heterocycles. The summed E-state index contributed by atoms with van der Waals surface area (Å²) >= 11 is 0. The highest BCUT2D eigenvalue weighted by Gasteiger charge is 2.18. The van der Waals surface area contributed by atoms with Crippen LogP contribution < -0.4 is 11.1 Å². The number of carbonyl (C=O) groups excluding carboxylic acids is 1. The van der Waals surface area contributed by atoms with E-state index in [9.17, 15) is 4.79 Å². The summed E-state index contributed by atoms with van der Waals surface area (Å²) in [7, 11) is 0. The first-order chi connectivity index (χ1) is 9.67. The molecular weight excluding hydrogens is 250 g/mol. The van der Waals surface area contributed by atoms with E-state index in [2.05, 4.69) is 17.1 Å². The third-order valence-electron chi connectivity index (χ3n) is 3.74. The summed E-state index contributed by atoms with van der Waals surface area (Å²) < 4.78 is 0. The van der Waals surface area contributed by atoms with Crippen LogP contribution in [0.4, 0.5) is 5.69 Å². The van der Waals surface area contributed by atoms with Crippen molar-refractivity contribution in [3.63, 3.8) is 0 Å². The van der Waals surface area contributed by atoms with Gasteiger partial charge in [-0.3, -0.25) is 4.79 Å². The van der Waals surface area contributed by atoms with Gasteiger partial charge in [-0.05, 0) is 43.2 Å². The molecule has 2 rings (SSSR count). The number of likely N-dealkylation sites (tertiary alicyclic amines) is 1. The number of benzene rings is 1. The summed E-state index contributed by atoms with van der Waals surface area (Å²) in [5.74, 6) is -0.0169. The molecule has 0 spiro atoms. The molecule has 20 heavy (non-hydrogen) atoms. The van der Waals surface area contributed by atoms with Gasteiger partial charge < -0.3 is 16.0 Å². The van der Waals surface area contributed by atoms with Crippen LogP contribution >= 0.6 is 0 Å². The second kappa shape index (κ2) is 7.10. The Balaban J connectivity index is 1.79. The predicted octanol–water partition coefficient (Wildman–Crippen LogP) is 1.88. The molecule has 4 heteroatoms. The minimum atomic E-state index is -0.0169. The van der Waals surface area contributed by atoms with Gasteiger partial charge in [0.15, 0.2) is 0 Å². The molecule has 0 unspecified atom stereocenters. The van der Waals surface area contributed by atoms with Crippen LogP contribution in [0, 0.1) is 0 Å². The first kappa shape index (κ1) is 14.6. The minimum absolute atomic E-state index is 0.0169. The first-order valence-electron chi connectivity index (χ1n) is 7.24. The van der Waals surface area contributed by atoms with Crippen LogP contribution in [-0.2, 0) is 4.79 Å². The van der Waals surface area contributed by atoms with Crippen LogP contribution in [-0.4, -0.2) is 36.5 Å². The number of nitrogens with zero attached hydrogens (tertiary/aromatic N) is 1. The van der Waals surface area contributed by atoms with Crippen molar-refractivity contribution >= 4 is 17.7 Å². The maximum absolute atomic E-state index is 11.9. The zero-order chi connectivity index (χ0) is 14.4. The third kappa shape index (κ3) is 4.38. The molecule has 3 N–H and O–H groups in total. The zero-order valence-electron chi connectivity index (χ0n) is 12.0. The monoisotopic (exact) mass is 273 g/mol. The molecule has 1 fully saturated rings. The Morgan fingerprint density at radius 2 is 2.00 bits per heavy atom. The van der Waals surface area contributed by atoms with Crippen molar-refractivity contribution in [1.29, 1.82) is 0 Å². The number of hydrogen-bond donors (Lipinski definition) is 2. The van der Waals surface area contributed by atoms with Gasteiger partial charge in [-0.15, -0.1) is 0 Å². The highest BCUT2D eigenvalue weighted by Crippen LogP contribution is 2.10. The van der Waals surface area contributed by atoms with E-state index in [1.807, 2.05) is 30.3 Å². The Kier molecular flexibility index (Phi) is 5.18. The van der Waals surface area contributed by atoms with Gasteiger partial charge in [0, 0.05) is 30.9 Å². The van der Waals surface area contributed by atoms with Gasteiger partial charge in [0.25, 0.3) is 0 Å². The highest BCUT2D eigenvalue weighted by molar-refractivity contribution is 5.91. The number of amides is 1. The van der Waals surface area contributed by atoms with Crippen molar-refractivity contribution < 1.29 is 4.79 Å². The Morgan fingerprint density at radius 1 is 1.35 bits per heavy atom. The summed E-state index contributed by atoms with van der Waals surface area (Å²) in [6.07, 6.45) is 5.48. The topological polar surface area (TPSA) is 58.4 Å². The molecule has 0 saturated carbocycles. The van der Waals surface area contributed by atoms with Gasteiger partial charge in [-0.25, -0.2) is 0 Å². The molecule has 108 valence electrons. The Labute approximate surface area is 120 Å². The molecule has 0 bridgehead atoms. The SMILES string of the molecule is CCN1CCC(NC(=O)/C=C/c2ccc(N)cc2)CC1. The molecule has 1 saturated heterocycles. The predicted molar refractivity (Wildman–Crippen MR) is 83.2 cm³/mol. The molecule has 1 amide bonds. The van der Waals surface area contributed by atoms with E-state index in [1.54, 1.807) is 6.08 Å². The largest absolute Gasteiger partial charge is 0.399 e. The van der Waals surface area contributed by atoms with Crippen LogP contribution in [0.1, 0.15) is 25.3 Å². The average molecular weight is 273 g/mol. The Bertz CT molecular complexity index is 459. The summed E-state index contributed by atoms with van der Waals surface area (Å²) in [6.45, 7) is 5.41. The lowest BCUT2D eigenvalue weighted by atomic mass is 10.1. The second-order valence-electron chi connectivity index (χ2n) is 5.22. The van der Waals surface area contributed by atoms with Crippen LogP contribution in [0.25, 0.3) is 6.08 Å². The number of nitrogens with two attached hydrogens (primary N) is 1. The summed E-state index contributed by atoms with van der Waals surface area (Å²) in [5.41, 5.74) is 7.33. The van der Waals surface area contributed by atoms with Crippen molar-refractivity contribution in [3.8, 4) is 0 Å². The molecule has 1 heterocycles. The van der Waals surface area contributed by atoms with Gasteiger partial charge in [-0.1, -0.05) is 19.1 Å². The number of anilines is 1. The fourth-order valence-corrected chi connectivity index (χ4v) is 2.42. The lowest BCUT2D eigenvalue weighted by molar-refractivity contribution is -0.117. The summed E-state index contributed by atoms with van der Waals surface area (Å²) in [6, 6.07) is 7.77. The number of hydrogen-bond acceptors (Lipinski definition) is 3. The number of rotatable bonds is 4. The number of piperidine rings is 1. The standard InChI is InChI=1S/C16H23N3O/c1-2-19-11-9-15(10-12-19)18-16(20)8-5-13-3-6-14(17)7-4-13/h3-8,15H,2,9-12,17H2,1H3,(H,18,20)/b8-5+. The maximum atomic E-state index is 11.9. The van der Waals surface area contributed by atoms with E-state index >= 15 is 0 Å². The van der Waals surface area contributed by atoms with E-state index in [-0.39, 0.29) is 5.91 Å². The molecule has 1 aromatic rings. The lowest BCUT2D eigenvalue weighted by Gasteiger charge is -2.31. The van der Waals surface area contributed by atoms with Crippen molar-refractivity contribution in [3.05, 3.63) is 35.9 Å². The van der Waals surface area contributed by atoms with E-state index in [0.717, 1.165) is 43.7 Å². The van der Waals surface area contributed by atoms with Gasteiger partial charge in [0.2, 0.25) is 5.91 Å². The Morgan fingerprint density at radius 3 is 2.60 bits per heavy atom. The average Bonchev–Trinajstić information content (AvgIpc) is 2.47.